The van der Waals surface area contributed by atoms with E-state index in [2.05, 4.69) is 10.6 Å². The first-order chi connectivity index (χ1) is 15.7. The molecule has 1 saturated heterocycles. The monoisotopic (exact) mass is 452 g/mol. The highest BCUT2D eigenvalue weighted by atomic mass is 16.6. The van der Waals surface area contributed by atoms with Crippen LogP contribution in [0.15, 0.2) is 48.5 Å². The molecule has 2 N–H and O–H groups in total. The molecule has 1 heterocycles. The predicted octanol–water partition coefficient (Wildman–Crippen LogP) is 2.37. The minimum Gasteiger partial charge on any atom is -0.351 e. The standard InChI is InChI=1S/C24H28N4O5/c1-16-3-5-18(6-4-16)15-22(25-17(2)29)23(30)26-20-11-13-27(14-12-20)24(31)19-7-9-21(10-8-19)28(32)33/h3-10,20,22H,11-15H2,1-2H3,(H,25,29)(H,26,30)/t22-/m1/s1. The minimum absolute atomic E-state index is 0.0627. The molecule has 1 atom stereocenters. The fraction of sp³-hybridized carbons (Fsp3) is 0.375. The van der Waals surface area contributed by atoms with E-state index in [9.17, 15) is 24.5 Å². The molecule has 2 aromatic carbocycles. The van der Waals surface area contributed by atoms with Crippen LogP contribution in [-0.4, -0.2) is 52.7 Å². The third-order valence-corrected chi connectivity index (χ3v) is 5.71. The van der Waals surface area contributed by atoms with Gasteiger partial charge in [0.1, 0.15) is 6.04 Å². The molecule has 0 radical (unpaired) electrons. The largest absolute Gasteiger partial charge is 0.351 e. The van der Waals surface area contributed by atoms with Gasteiger partial charge in [-0.25, -0.2) is 0 Å². The Hall–Kier alpha value is -3.75. The number of nitro benzene ring substituents is 1. The van der Waals surface area contributed by atoms with E-state index in [4.69, 9.17) is 0 Å². The summed E-state index contributed by atoms with van der Waals surface area (Å²) in [5, 5.41) is 16.5. The maximum Gasteiger partial charge on any atom is 0.269 e. The summed E-state index contributed by atoms with van der Waals surface area (Å²) < 4.78 is 0. The summed E-state index contributed by atoms with van der Waals surface area (Å²) in [6, 6.07) is 12.6. The van der Waals surface area contributed by atoms with E-state index < -0.39 is 11.0 Å². The van der Waals surface area contributed by atoms with Crippen molar-refractivity contribution in [2.45, 2.75) is 45.2 Å². The Morgan fingerprint density at radius 1 is 1.06 bits per heavy atom. The number of non-ortho nitro benzene ring substituents is 1. The number of piperidine rings is 1. The molecular weight excluding hydrogens is 424 g/mol. The predicted molar refractivity (Wildman–Crippen MR) is 123 cm³/mol. The molecule has 2 aromatic rings. The van der Waals surface area contributed by atoms with E-state index in [-0.39, 0.29) is 29.5 Å². The molecule has 174 valence electrons. The van der Waals surface area contributed by atoms with E-state index in [1.165, 1.54) is 31.2 Å². The summed E-state index contributed by atoms with van der Waals surface area (Å²) in [6.07, 6.45) is 1.56. The van der Waals surface area contributed by atoms with Crippen molar-refractivity contribution in [1.82, 2.24) is 15.5 Å². The maximum absolute atomic E-state index is 12.9. The van der Waals surface area contributed by atoms with Gasteiger partial charge in [-0.15, -0.1) is 0 Å². The van der Waals surface area contributed by atoms with Crippen LogP contribution in [0, 0.1) is 17.0 Å². The van der Waals surface area contributed by atoms with Gasteiger partial charge < -0.3 is 15.5 Å². The number of nitro groups is 1. The molecule has 0 aromatic heterocycles. The zero-order chi connectivity index (χ0) is 24.0. The molecule has 0 saturated carbocycles. The minimum atomic E-state index is -0.676. The van der Waals surface area contributed by atoms with Crippen LogP contribution in [0.4, 0.5) is 5.69 Å². The van der Waals surface area contributed by atoms with Crippen LogP contribution in [0.5, 0.6) is 0 Å². The Labute approximate surface area is 192 Å². The second kappa shape index (κ2) is 10.7. The van der Waals surface area contributed by atoms with Crippen molar-refractivity contribution in [3.8, 4) is 0 Å². The molecule has 0 unspecified atom stereocenters. The quantitative estimate of drug-likeness (QED) is 0.493. The third-order valence-electron chi connectivity index (χ3n) is 5.71. The lowest BCUT2D eigenvalue weighted by molar-refractivity contribution is -0.384. The molecule has 9 nitrogen and oxygen atoms in total. The van der Waals surface area contributed by atoms with Gasteiger partial charge in [-0.05, 0) is 37.5 Å². The smallest absolute Gasteiger partial charge is 0.269 e. The normalized spacial score (nSPS) is 14.9. The number of hydrogen-bond acceptors (Lipinski definition) is 5. The molecule has 0 spiro atoms. The molecule has 33 heavy (non-hydrogen) atoms. The lowest BCUT2D eigenvalue weighted by Gasteiger charge is -2.33. The van der Waals surface area contributed by atoms with Crippen molar-refractivity contribution in [1.29, 1.82) is 0 Å². The first-order valence-corrected chi connectivity index (χ1v) is 10.9. The van der Waals surface area contributed by atoms with Crippen LogP contribution in [0.1, 0.15) is 41.3 Å². The zero-order valence-electron chi connectivity index (χ0n) is 18.7. The van der Waals surface area contributed by atoms with Gasteiger partial charge in [-0.3, -0.25) is 24.5 Å². The average molecular weight is 453 g/mol. The summed E-state index contributed by atoms with van der Waals surface area (Å²) in [6.45, 7) is 4.30. The number of carbonyl (C=O) groups excluding carboxylic acids is 3. The van der Waals surface area contributed by atoms with E-state index in [0.29, 0.717) is 37.9 Å². The third kappa shape index (κ3) is 6.61. The summed E-state index contributed by atoms with van der Waals surface area (Å²) in [7, 11) is 0. The van der Waals surface area contributed by atoms with E-state index >= 15 is 0 Å². The summed E-state index contributed by atoms with van der Waals surface area (Å²) in [4.78, 5) is 49.2. The molecule has 3 amide bonds. The zero-order valence-corrected chi connectivity index (χ0v) is 18.7. The number of benzene rings is 2. The highest BCUT2D eigenvalue weighted by Crippen LogP contribution is 2.17. The van der Waals surface area contributed by atoms with E-state index in [1.807, 2.05) is 31.2 Å². The Balaban J connectivity index is 1.55. The topological polar surface area (TPSA) is 122 Å². The van der Waals surface area contributed by atoms with Crippen LogP contribution < -0.4 is 10.6 Å². The molecule has 1 fully saturated rings. The Morgan fingerprint density at radius 2 is 1.67 bits per heavy atom. The summed E-state index contributed by atoms with van der Waals surface area (Å²) in [5.74, 6) is -0.707. The Morgan fingerprint density at radius 3 is 2.21 bits per heavy atom. The average Bonchev–Trinajstić information content (AvgIpc) is 2.80. The van der Waals surface area contributed by atoms with Crippen molar-refractivity contribution in [2.75, 3.05) is 13.1 Å². The van der Waals surface area contributed by atoms with Crippen LogP contribution in [0.2, 0.25) is 0 Å². The molecule has 1 aliphatic heterocycles. The van der Waals surface area contributed by atoms with Crippen molar-refractivity contribution in [2.24, 2.45) is 0 Å². The van der Waals surface area contributed by atoms with Gasteiger partial charge >= 0.3 is 0 Å². The molecule has 9 heteroatoms. The van der Waals surface area contributed by atoms with Crippen LogP contribution in [-0.2, 0) is 16.0 Å². The van der Waals surface area contributed by atoms with Gasteiger partial charge in [0.05, 0.1) is 4.92 Å². The van der Waals surface area contributed by atoms with Gasteiger partial charge in [0, 0.05) is 50.2 Å². The van der Waals surface area contributed by atoms with Crippen LogP contribution in [0.3, 0.4) is 0 Å². The van der Waals surface area contributed by atoms with Crippen molar-refractivity contribution < 1.29 is 19.3 Å². The number of amides is 3. The Kier molecular flexibility index (Phi) is 7.76. The second-order valence-corrected chi connectivity index (χ2v) is 8.32. The highest BCUT2D eigenvalue weighted by molar-refractivity contribution is 5.94. The number of rotatable bonds is 7. The fourth-order valence-electron chi connectivity index (χ4n) is 3.85. The first kappa shape index (κ1) is 23.9. The van der Waals surface area contributed by atoms with Gasteiger partial charge in [0.2, 0.25) is 11.8 Å². The summed E-state index contributed by atoms with van der Waals surface area (Å²) in [5.41, 5.74) is 2.41. The van der Waals surface area contributed by atoms with Crippen LogP contribution >= 0.6 is 0 Å². The van der Waals surface area contributed by atoms with E-state index in [0.717, 1.165) is 11.1 Å². The lowest BCUT2D eigenvalue weighted by Crippen LogP contribution is -2.53. The van der Waals surface area contributed by atoms with E-state index in [1.54, 1.807) is 4.90 Å². The van der Waals surface area contributed by atoms with Gasteiger partial charge in [-0.2, -0.15) is 0 Å². The van der Waals surface area contributed by atoms with Gasteiger partial charge in [-0.1, -0.05) is 29.8 Å². The molecule has 0 aliphatic carbocycles. The molecular formula is C24H28N4O5. The number of aryl methyl sites for hydroxylation is 1. The van der Waals surface area contributed by atoms with Gasteiger partial charge in [0.15, 0.2) is 0 Å². The fourth-order valence-corrected chi connectivity index (χ4v) is 3.85. The Bertz CT molecular complexity index is 1010. The first-order valence-electron chi connectivity index (χ1n) is 10.9. The maximum atomic E-state index is 12.9. The van der Waals surface area contributed by atoms with Gasteiger partial charge in [0.25, 0.3) is 11.6 Å². The number of nitrogens with zero attached hydrogens (tertiary/aromatic N) is 2. The van der Waals surface area contributed by atoms with Crippen molar-refractivity contribution >= 4 is 23.4 Å². The molecule has 3 rings (SSSR count). The molecule has 0 bridgehead atoms. The van der Waals surface area contributed by atoms with Crippen molar-refractivity contribution in [3.05, 3.63) is 75.3 Å². The number of likely N-dealkylation sites (tertiary alicyclic amines) is 1. The highest BCUT2D eigenvalue weighted by Gasteiger charge is 2.27. The number of hydrogen-bond donors (Lipinski definition) is 2. The second-order valence-electron chi connectivity index (χ2n) is 8.32. The SMILES string of the molecule is CC(=O)N[C@H](Cc1ccc(C)cc1)C(=O)NC1CCN(C(=O)c2ccc([N+](=O)[O-])cc2)CC1. The molecule has 1 aliphatic rings. The van der Waals surface area contributed by atoms with Crippen LogP contribution in [0.25, 0.3) is 0 Å². The summed E-state index contributed by atoms with van der Waals surface area (Å²) >= 11 is 0. The number of carbonyl (C=O) groups is 3. The number of nitrogens with one attached hydrogen (secondary N) is 2. The lowest BCUT2D eigenvalue weighted by atomic mass is 10.0. The van der Waals surface area contributed by atoms with Crippen molar-refractivity contribution in [3.63, 3.8) is 0 Å².